The molecular formula is C27H24FN3O4. The van der Waals surface area contributed by atoms with Crippen LogP contribution in [-0.2, 0) is 6.54 Å². The second-order valence-corrected chi connectivity index (χ2v) is 8.09. The Morgan fingerprint density at radius 1 is 0.886 bits per heavy atom. The number of fused-ring (bicyclic) bond motifs is 1. The van der Waals surface area contributed by atoms with Crippen LogP contribution < -0.4 is 19.1 Å². The van der Waals surface area contributed by atoms with Crippen molar-refractivity contribution in [3.05, 3.63) is 84.3 Å². The molecule has 0 bridgehead atoms. The van der Waals surface area contributed by atoms with Crippen LogP contribution >= 0.6 is 0 Å². The minimum absolute atomic E-state index is 0.0784. The Kier molecular flexibility index (Phi) is 6.10. The number of carbonyl (C=O) groups excluding carboxylic acids is 1. The number of rotatable bonds is 7. The standard InChI is InChI=1S/C27H24FN3O4/c1-33-25-15-20-22(16-26(25)34-2)29-11-10-23(20)35-24-9-8-18(14-21(24)28)17-30-12-13-31(27(30)32)19-6-4-3-5-7-19/h3-11,14-16H,12-13,17H2,1-2H3. The Morgan fingerprint density at radius 2 is 1.66 bits per heavy atom. The van der Waals surface area contributed by atoms with Crippen molar-refractivity contribution >= 4 is 22.6 Å². The van der Waals surface area contributed by atoms with E-state index in [0.717, 1.165) is 5.69 Å². The van der Waals surface area contributed by atoms with Gasteiger partial charge in [0.05, 0.1) is 19.7 Å². The molecule has 1 saturated heterocycles. The lowest BCUT2D eigenvalue weighted by Crippen LogP contribution is -2.31. The summed E-state index contributed by atoms with van der Waals surface area (Å²) in [6.45, 7) is 1.48. The average Bonchev–Trinajstić information content (AvgIpc) is 3.25. The predicted octanol–water partition coefficient (Wildman–Crippen LogP) is 5.63. The van der Waals surface area contributed by atoms with E-state index in [4.69, 9.17) is 14.2 Å². The Morgan fingerprint density at radius 3 is 2.40 bits per heavy atom. The number of pyridine rings is 1. The van der Waals surface area contributed by atoms with Crippen LogP contribution in [-0.4, -0.2) is 43.2 Å². The summed E-state index contributed by atoms with van der Waals surface area (Å²) >= 11 is 0. The third kappa shape index (κ3) is 4.42. The molecule has 0 atom stereocenters. The number of ether oxygens (including phenoxy) is 3. The van der Waals surface area contributed by atoms with Crippen molar-refractivity contribution in [3.8, 4) is 23.0 Å². The molecule has 35 heavy (non-hydrogen) atoms. The quantitative estimate of drug-likeness (QED) is 0.348. The Labute approximate surface area is 202 Å². The second-order valence-electron chi connectivity index (χ2n) is 8.09. The molecule has 0 N–H and O–H groups in total. The van der Waals surface area contributed by atoms with Crippen LogP contribution in [0.15, 0.2) is 72.9 Å². The summed E-state index contributed by atoms with van der Waals surface area (Å²) in [6, 6.07) is 19.3. The monoisotopic (exact) mass is 473 g/mol. The molecule has 5 rings (SSSR count). The fraction of sp³-hybridized carbons (Fsp3) is 0.185. The second kappa shape index (κ2) is 9.50. The molecule has 0 aliphatic carbocycles. The van der Waals surface area contributed by atoms with E-state index in [1.807, 2.05) is 30.3 Å². The van der Waals surface area contributed by atoms with Crippen molar-refractivity contribution in [2.24, 2.45) is 0 Å². The SMILES string of the molecule is COc1cc2nccc(Oc3ccc(CN4CCN(c5ccccc5)C4=O)cc3F)c2cc1OC. The minimum Gasteiger partial charge on any atom is -0.493 e. The lowest BCUT2D eigenvalue weighted by Gasteiger charge is -2.19. The molecule has 1 aliphatic rings. The highest BCUT2D eigenvalue weighted by molar-refractivity contribution is 5.94. The van der Waals surface area contributed by atoms with Crippen LogP contribution in [0, 0.1) is 5.82 Å². The smallest absolute Gasteiger partial charge is 0.324 e. The lowest BCUT2D eigenvalue weighted by atomic mass is 10.1. The number of urea groups is 1. The van der Waals surface area contributed by atoms with E-state index in [2.05, 4.69) is 4.98 Å². The summed E-state index contributed by atoms with van der Waals surface area (Å²) in [5.74, 6) is 1.07. The number of carbonyl (C=O) groups is 1. The lowest BCUT2D eigenvalue weighted by molar-refractivity contribution is 0.218. The van der Waals surface area contributed by atoms with E-state index >= 15 is 4.39 Å². The van der Waals surface area contributed by atoms with Gasteiger partial charge >= 0.3 is 6.03 Å². The van der Waals surface area contributed by atoms with Crippen molar-refractivity contribution in [3.63, 3.8) is 0 Å². The van der Waals surface area contributed by atoms with Crippen molar-refractivity contribution in [1.82, 2.24) is 9.88 Å². The van der Waals surface area contributed by atoms with Crippen molar-refractivity contribution in [2.75, 3.05) is 32.2 Å². The Balaban J connectivity index is 1.34. The molecule has 0 unspecified atom stereocenters. The first kappa shape index (κ1) is 22.5. The third-order valence-corrected chi connectivity index (χ3v) is 5.96. The zero-order valence-corrected chi connectivity index (χ0v) is 19.4. The van der Waals surface area contributed by atoms with Crippen LogP contribution in [0.2, 0.25) is 0 Å². The highest BCUT2D eigenvalue weighted by Gasteiger charge is 2.29. The number of amides is 2. The Bertz CT molecular complexity index is 1380. The summed E-state index contributed by atoms with van der Waals surface area (Å²) in [5.41, 5.74) is 2.17. The molecule has 3 aromatic carbocycles. The third-order valence-electron chi connectivity index (χ3n) is 5.96. The van der Waals surface area contributed by atoms with Gasteiger partial charge in [0.15, 0.2) is 23.1 Å². The zero-order chi connectivity index (χ0) is 24.4. The number of benzene rings is 3. The van der Waals surface area contributed by atoms with E-state index in [9.17, 15) is 4.79 Å². The summed E-state index contributed by atoms with van der Waals surface area (Å²) in [4.78, 5) is 20.6. The van der Waals surface area contributed by atoms with Crippen LogP contribution in [0.5, 0.6) is 23.0 Å². The number of anilines is 1. The molecule has 0 spiro atoms. The molecule has 1 fully saturated rings. The van der Waals surface area contributed by atoms with Gasteiger partial charge in [-0.2, -0.15) is 0 Å². The van der Waals surface area contributed by atoms with Gasteiger partial charge in [-0.1, -0.05) is 24.3 Å². The van der Waals surface area contributed by atoms with Gasteiger partial charge in [0, 0.05) is 43.0 Å². The zero-order valence-electron chi connectivity index (χ0n) is 19.4. The molecule has 178 valence electrons. The summed E-state index contributed by atoms with van der Waals surface area (Å²) < 4.78 is 31.6. The fourth-order valence-electron chi connectivity index (χ4n) is 4.18. The number of methoxy groups -OCH3 is 2. The van der Waals surface area contributed by atoms with Crippen molar-refractivity contribution in [2.45, 2.75) is 6.54 Å². The average molecular weight is 474 g/mol. The van der Waals surface area contributed by atoms with Gasteiger partial charge in [-0.25, -0.2) is 9.18 Å². The van der Waals surface area contributed by atoms with E-state index in [-0.39, 0.29) is 11.8 Å². The summed E-state index contributed by atoms with van der Waals surface area (Å²) in [7, 11) is 3.10. The molecule has 0 saturated carbocycles. The summed E-state index contributed by atoms with van der Waals surface area (Å²) in [6.07, 6.45) is 1.59. The van der Waals surface area contributed by atoms with Crippen LogP contribution in [0.25, 0.3) is 10.9 Å². The van der Waals surface area contributed by atoms with Crippen molar-refractivity contribution in [1.29, 1.82) is 0 Å². The number of nitrogens with zero attached hydrogens (tertiary/aromatic N) is 3. The number of aromatic nitrogens is 1. The first-order valence-electron chi connectivity index (χ1n) is 11.2. The van der Waals surface area contributed by atoms with Crippen LogP contribution in [0.4, 0.5) is 14.9 Å². The first-order chi connectivity index (χ1) is 17.1. The maximum Gasteiger partial charge on any atom is 0.324 e. The molecule has 7 nitrogen and oxygen atoms in total. The van der Waals surface area contributed by atoms with E-state index < -0.39 is 5.82 Å². The fourth-order valence-corrected chi connectivity index (χ4v) is 4.18. The molecular weight excluding hydrogens is 449 g/mol. The van der Waals surface area contributed by atoms with Gasteiger partial charge in [-0.15, -0.1) is 0 Å². The Hall–Kier alpha value is -4.33. The maximum atomic E-state index is 15.0. The normalized spacial score (nSPS) is 13.4. The van der Waals surface area contributed by atoms with Gasteiger partial charge in [-0.3, -0.25) is 9.88 Å². The maximum absolute atomic E-state index is 15.0. The van der Waals surface area contributed by atoms with Gasteiger partial charge < -0.3 is 19.1 Å². The van der Waals surface area contributed by atoms with E-state index in [1.165, 1.54) is 6.07 Å². The molecule has 4 aromatic rings. The van der Waals surface area contributed by atoms with Gasteiger partial charge in [0.1, 0.15) is 5.75 Å². The predicted molar refractivity (Wildman–Crippen MR) is 131 cm³/mol. The van der Waals surface area contributed by atoms with Gasteiger partial charge in [-0.05, 0) is 42.0 Å². The number of para-hydroxylation sites is 1. The number of halogens is 1. The van der Waals surface area contributed by atoms with Crippen molar-refractivity contribution < 1.29 is 23.4 Å². The van der Waals surface area contributed by atoms with E-state index in [0.29, 0.717) is 53.3 Å². The minimum atomic E-state index is -0.514. The van der Waals surface area contributed by atoms with Crippen LogP contribution in [0.1, 0.15) is 5.56 Å². The highest BCUT2D eigenvalue weighted by Crippen LogP contribution is 2.37. The highest BCUT2D eigenvalue weighted by atomic mass is 19.1. The van der Waals surface area contributed by atoms with Gasteiger partial charge in [0.25, 0.3) is 0 Å². The topological polar surface area (TPSA) is 64.1 Å². The van der Waals surface area contributed by atoms with E-state index in [1.54, 1.807) is 60.5 Å². The molecule has 1 aliphatic heterocycles. The van der Waals surface area contributed by atoms with Gasteiger partial charge in [0.2, 0.25) is 0 Å². The molecule has 2 heterocycles. The number of hydrogen-bond acceptors (Lipinski definition) is 5. The van der Waals surface area contributed by atoms with Crippen LogP contribution in [0.3, 0.4) is 0 Å². The first-order valence-corrected chi connectivity index (χ1v) is 11.2. The number of hydrogen-bond donors (Lipinski definition) is 0. The molecule has 2 amide bonds. The summed E-state index contributed by atoms with van der Waals surface area (Å²) in [5, 5.41) is 0.664. The molecule has 0 radical (unpaired) electrons. The largest absolute Gasteiger partial charge is 0.493 e. The molecule has 1 aromatic heterocycles. The molecule has 8 heteroatoms.